The highest BCUT2D eigenvalue weighted by Crippen LogP contribution is 2.29. The topological polar surface area (TPSA) is 41.6 Å². The van der Waals surface area contributed by atoms with E-state index in [1.165, 1.54) is 4.90 Å². The van der Waals surface area contributed by atoms with Gasteiger partial charge in [-0.15, -0.1) is 0 Å². The van der Waals surface area contributed by atoms with Crippen molar-refractivity contribution >= 4 is 6.03 Å². The van der Waals surface area contributed by atoms with Crippen LogP contribution in [0.2, 0.25) is 0 Å². The average molecular weight is 252 g/mol. The van der Waals surface area contributed by atoms with E-state index in [0.29, 0.717) is 13.2 Å². The Morgan fingerprint density at radius 2 is 2.18 bits per heavy atom. The van der Waals surface area contributed by atoms with Gasteiger partial charge in [0, 0.05) is 6.54 Å². The Morgan fingerprint density at radius 3 is 2.88 bits per heavy atom. The molecule has 2 rings (SSSR count). The highest BCUT2D eigenvalue weighted by Gasteiger charge is 2.39. The first-order valence-corrected chi connectivity index (χ1v) is 5.70. The van der Waals surface area contributed by atoms with E-state index in [0.717, 1.165) is 19.3 Å². The molecule has 1 saturated heterocycles. The van der Waals surface area contributed by atoms with Crippen molar-refractivity contribution in [3.63, 3.8) is 0 Å². The third-order valence-electron chi connectivity index (χ3n) is 3.18. The molecule has 0 spiro atoms. The lowest BCUT2D eigenvalue weighted by Gasteiger charge is -2.37. The van der Waals surface area contributed by atoms with Crippen molar-refractivity contribution in [2.75, 3.05) is 19.7 Å². The molecular weight excluding hydrogens is 237 g/mol. The van der Waals surface area contributed by atoms with E-state index >= 15 is 0 Å². The molecule has 7 heteroatoms. The number of morpholine rings is 1. The highest BCUT2D eigenvalue weighted by molar-refractivity contribution is 5.74. The van der Waals surface area contributed by atoms with E-state index in [-0.39, 0.29) is 12.1 Å². The average Bonchev–Trinajstić information content (AvgIpc) is 2.72. The molecule has 0 radical (unpaired) electrons. The minimum Gasteiger partial charge on any atom is -0.374 e. The Hall–Kier alpha value is -0.980. The summed E-state index contributed by atoms with van der Waals surface area (Å²) in [5.41, 5.74) is 0. The first-order chi connectivity index (χ1) is 7.97. The number of nitrogens with zero attached hydrogens (tertiary/aromatic N) is 1. The van der Waals surface area contributed by atoms with Gasteiger partial charge in [0.2, 0.25) is 0 Å². The number of urea groups is 1. The van der Waals surface area contributed by atoms with Crippen LogP contribution in [0.25, 0.3) is 0 Å². The summed E-state index contributed by atoms with van der Waals surface area (Å²) in [7, 11) is 0. The summed E-state index contributed by atoms with van der Waals surface area (Å²) >= 11 is 0. The molecule has 0 aromatic carbocycles. The summed E-state index contributed by atoms with van der Waals surface area (Å²) in [6.45, 7) is -0.508. The summed E-state index contributed by atoms with van der Waals surface area (Å²) in [5, 5.41) is 1.91. The number of ether oxygens (including phenoxy) is 1. The van der Waals surface area contributed by atoms with Crippen molar-refractivity contribution in [2.24, 2.45) is 0 Å². The van der Waals surface area contributed by atoms with Gasteiger partial charge in [-0.05, 0) is 19.3 Å². The van der Waals surface area contributed by atoms with Crippen LogP contribution in [-0.4, -0.2) is 48.9 Å². The molecule has 0 bridgehead atoms. The fourth-order valence-corrected chi connectivity index (χ4v) is 2.46. The van der Waals surface area contributed by atoms with Crippen molar-refractivity contribution in [2.45, 2.75) is 37.6 Å². The smallest absolute Gasteiger partial charge is 0.374 e. The third kappa shape index (κ3) is 3.02. The van der Waals surface area contributed by atoms with Gasteiger partial charge < -0.3 is 15.0 Å². The number of hydrogen-bond acceptors (Lipinski definition) is 2. The fraction of sp³-hybridized carbons (Fsp3) is 0.900. The van der Waals surface area contributed by atoms with Crippen molar-refractivity contribution in [3.8, 4) is 0 Å². The normalized spacial score (nSPS) is 29.0. The van der Waals surface area contributed by atoms with Crippen LogP contribution in [0.1, 0.15) is 19.3 Å². The first kappa shape index (κ1) is 12.5. The number of hydrogen-bond donors (Lipinski definition) is 1. The summed E-state index contributed by atoms with van der Waals surface area (Å²) < 4.78 is 41.5. The number of fused-ring (bicyclic) bond motifs is 1. The SMILES string of the molecule is O=C(NCC(F)(F)F)N1CCOC2CCCC21. The lowest BCUT2D eigenvalue weighted by Crippen LogP contribution is -2.55. The number of alkyl halides is 3. The molecular formula is C10H15F3N2O2. The number of amides is 2. The number of rotatable bonds is 1. The van der Waals surface area contributed by atoms with Crippen LogP contribution in [0.3, 0.4) is 0 Å². The maximum atomic E-state index is 12.0. The number of halogens is 3. The quantitative estimate of drug-likeness (QED) is 0.768. The second-order valence-electron chi connectivity index (χ2n) is 4.37. The van der Waals surface area contributed by atoms with Crippen LogP contribution >= 0.6 is 0 Å². The maximum Gasteiger partial charge on any atom is 0.405 e. The van der Waals surface area contributed by atoms with Gasteiger partial charge in [0.05, 0.1) is 18.8 Å². The molecule has 2 amide bonds. The van der Waals surface area contributed by atoms with Crippen molar-refractivity contribution in [1.82, 2.24) is 10.2 Å². The summed E-state index contributed by atoms with van der Waals surface area (Å²) in [6, 6.07) is -0.695. The second-order valence-corrected chi connectivity index (χ2v) is 4.37. The molecule has 2 unspecified atom stereocenters. The van der Waals surface area contributed by atoms with Gasteiger partial charge in [-0.2, -0.15) is 13.2 Å². The van der Waals surface area contributed by atoms with Gasteiger partial charge in [0.25, 0.3) is 0 Å². The molecule has 98 valence electrons. The molecule has 0 aromatic rings. The van der Waals surface area contributed by atoms with Crippen molar-refractivity contribution in [1.29, 1.82) is 0 Å². The van der Waals surface area contributed by atoms with Crippen molar-refractivity contribution in [3.05, 3.63) is 0 Å². The largest absolute Gasteiger partial charge is 0.405 e. The van der Waals surface area contributed by atoms with E-state index in [2.05, 4.69) is 0 Å². The predicted octanol–water partition coefficient (Wildman–Crippen LogP) is 1.51. The number of nitrogens with one attached hydrogen (secondary N) is 1. The lowest BCUT2D eigenvalue weighted by molar-refractivity contribution is -0.123. The van der Waals surface area contributed by atoms with Crippen LogP contribution in [0.15, 0.2) is 0 Å². The Labute approximate surface area is 97.1 Å². The van der Waals surface area contributed by atoms with Gasteiger partial charge in [0.15, 0.2) is 0 Å². The fourth-order valence-electron chi connectivity index (χ4n) is 2.46. The first-order valence-electron chi connectivity index (χ1n) is 5.70. The molecule has 1 N–H and O–H groups in total. The van der Waals surface area contributed by atoms with Crippen LogP contribution in [-0.2, 0) is 4.74 Å². The van der Waals surface area contributed by atoms with Gasteiger partial charge in [-0.3, -0.25) is 0 Å². The monoisotopic (exact) mass is 252 g/mol. The zero-order chi connectivity index (χ0) is 12.5. The van der Waals surface area contributed by atoms with Gasteiger partial charge in [-0.1, -0.05) is 0 Å². The highest BCUT2D eigenvalue weighted by atomic mass is 19.4. The molecule has 2 fully saturated rings. The Bertz CT molecular complexity index is 296. The Balaban J connectivity index is 1.90. The Morgan fingerprint density at radius 1 is 1.41 bits per heavy atom. The van der Waals surface area contributed by atoms with Crippen LogP contribution in [0.5, 0.6) is 0 Å². The van der Waals surface area contributed by atoms with Gasteiger partial charge in [-0.25, -0.2) is 4.79 Å². The maximum absolute atomic E-state index is 12.0. The molecule has 1 aliphatic heterocycles. The van der Waals surface area contributed by atoms with E-state index in [1.807, 2.05) is 5.32 Å². The summed E-state index contributed by atoms with van der Waals surface area (Å²) in [6.07, 6.45) is -1.71. The van der Waals surface area contributed by atoms with Crippen LogP contribution in [0.4, 0.5) is 18.0 Å². The standard InChI is InChI=1S/C10H15F3N2O2/c11-10(12,13)6-14-9(16)15-4-5-17-8-3-1-2-7(8)15/h7-8H,1-6H2,(H,14,16). The predicted molar refractivity (Wildman–Crippen MR) is 53.5 cm³/mol. The van der Waals surface area contributed by atoms with Gasteiger partial charge >= 0.3 is 12.2 Å². The van der Waals surface area contributed by atoms with Crippen molar-refractivity contribution < 1.29 is 22.7 Å². The van der Waals surface area contributed by atoms with Crippen LogP contribution < -0.4 is 5.32 Å². The molecule has 2 atom stereocenters. The zero-order valence-electron chi connectivity index (χ0n) is 9.29. The molecule has 1 heterocycles. The van der Waals surface area contributed by atoms with E-state index in [4.69, 9.17) is 4.74 Å². The van der Waals surface area contributed by atoms with E-state index < -0.39 is 18.8 Å². The third-order valence-corrected chi connectivity index (χ3v) is 3.18. The minimum atomic E-state index is -4.36. The molecule has 0 aromatic heterocycles. The van der Waals surface area contributed by atoms with Gasteiger partial charge in [0.1, 0.15) is 6.54 Å². The summed E-state index contributed by atoms with van der Waals surface area (Å²) in [5.74, 6) is 0. The number of carbonyl (C=O) groups excluding carboxylic acids is 1. The molecule has 17 heavy (non-hydrogen) atoms. The second kappa shape index (κ2) is 4.72. The van der Waals surface area contributed by atoms with Crippen LogP contribution in [0, 0.1) is 0 Å². The Kier molecular flexibility index (Phi) is 3.46. The van der Waals surface area contributed by atoms with E-state index in [1.54, 1.807) is 0 Å². The lowest BCUT2D eigenvalue weighted by atomic mass is 10.1. The zero-order valence-corrected chi connectivity index (χ0v) is 9.29. The van der Waals surface area contributed by atoms with E-state index in [9.17, 15) is 18.0 Å². The minimum absolute atomic E-state index is 0.000358. The molecule has 1 saturated carbocycles. The molecule has 4 nitrogen and oxygen atoms in total. The summed E-state index contributed by atoms with van der Waals surface area (Å²) in [4.78, 5) is 13.1. The molecule has 2 aliphatic rings. The number of carbonyl (C=O) groups is 1. The molecule has 1 aliphatic carbocycles.